The average Bonchev–Trinajstić information content (AvgIpc) is 2.88. The highest BCUT2D eigenvalue weighted by Gasteiger charge is 2.33. The van der Waals surface area contributed by atoms with Crippen LogP contribution in [0.3, 0.4) is 0 Å². The lowest BCUT2D eigenvalue weighted by Crippen LogP contribution is -2.29. The van der Waals surface area contributed by atoms with E-state index < -0.39 is 17.4 Å². The van der Waals surface area contributed by atoms with Crippen molar-refractivity contribution in [3.63, 3.8) is 0 Å². The van der Waals surface area contributed by atoms with Crippen LogP contribution in [0.4, 0.5) is 13.2 Å². The first-order valence-electron chi connectivity index (χ1n) is 5.95. The summed E-state index contributed by atoms with van der Waals surface area (Å²) < 4.78 is 37.5. The molecule has 1 saturated heterocycles. The molecule has 1 aliphatic rings. The smallest absolute Gasteiger partial charge is 0.342 e. The molecule has 0 aromatic carbocycles. The lowest BCUT2D eigenvalue weighted by molar-refractivity contribution is -0.141. The van der Waals surface area contributed by atoms with Gasteiger partial charge in [0.25, 0.3) is 5.56 Å². The molecule has 2 heterocycles. The van der Waals surface area contributed by atoms with Crippen molar-refractivity contribution < 1.29 is 18.0 Å². The Labute approximate surface area is 116 Å². The molecule has 0 atom stereocenters. The van der Waals surface area contributed by atoms with Crippen LogP contribution in [0, 0.1) is 0 Å². The fourth-order valence-electron chi connectivity index (χ4n) is 1.84. The number of alkyl halides is 3. The number of carbonyl (C=O) groups excluding carboxylic acids is 1. The van der Waals surface area contributed by atoms with E-state index in [9.17, 15) is 22.8 Å². The fourth-order valence-corrected chi connectivity index (χ4v) is 2.62. The Balaban J connectivity index is 2.04. The highest BCUT2D eigenvalue weighted by molar-refractivity contribution is 7.99. The molecule has 0 unspecified atom stereocenters. The van der Waals surface area contributed by atoms with Gasteiger partial charge in [-0.1, -0.05) is 11.8 Å². The van der Waals surface area contributed by atoms with Gasteiger partial charge in [-0.25, -0.2) is 4.98 Å². The van der Waals surface area contributed by atoms with E-state index in [1.807, 2.05) is 0 Å². The van der Waals surface area contributed by atoms with Crippen LogP contribution in [0.1, 0.15) is 18.5 Å². The molecular formula is C11H12F3N3O2S. The molecule has 1 N–H and O–H groups in total. The highest BCUT2D eigenvalue weighted by Crippen LogP contribution is 2.27. The predicted molar refractivity (Wildman–Crippen MR) is 66.4 cm³/mol. The number of likely N-dealkylation sites (tertiary alicyclic amines) is 1. The maximum absolute atomic E-state index is 12.5. The Morgan fingerprint density at radius 3 is 2.65 bits per heavy atom. The molecule has 20 heavy (non-hydrogen) atoms. The molecule has 0 saturated carbocycles. The minimum atomic E-state index is -4.68. The van der Waals surface area contributed by atoms with Crippen molar-refractivity contribution in [2.45, 2.75) is 24.2 Å². The molecule has 1 amide bonds. The van der Waals surface area contributed by atoms with Crippen molar-refractivity contribution in [1.82, 2.24) is 14.9 Å². The van der Waals surface area contributed by atoms with Gasteiger partial charge < -0.3 is 9.88 Å². The van der Waals surface area contributed by atoms with Gasteiger partial charge in [-0.15, -0.1) is 0 Å². The van der Waals surface area contributed by atoms with E-state index in [1.54, 1.807) is 4.90 Å². The maximum atomic E-state index is 12.5. The van der Waals surface area contributed by atoms with Crippen LogP contribution >= 0.6 is 11.8 Å². The minimum absolute atomic E-state index is 0.0374. The third kappa shape index (κ3) is 3.75. The number of carbonyl (C=O) groups is 1. The zero-order valence-electron chi connectivity index (χ0n) is 10.4. The molecule has 9 heteroatoms. The number of amides is 1. The molecule has 1 aliphatic heterocycles. The Bertz CT molecular complexity index is 553. The zero-order chi connectivity index (χ0) is 14.8. The largest absolute Gasteiger partial charge is 0.433 e. The topological polar surface area (TPSA) is 66.1 Å². The summed E-state index contributed by atoms with van der Waals surface area (Å²) in [4.78, 5) is 30.1. The molecule has 0 spiro atoms. The van der Waals surface area contributed by atoms with Gasteiger partial charge in [0.2, 0.25) is 5.91 Å². The standard InChI is InChI=1S/C11H12F3N3O2S/c12-11(13,14)7-5-8(18)16-10(15-7)20-6-9(19)17-3-1-2-4-17/h5H,1-4,6H2,(H,15,16,18). The van der Waals surface area contributed by atoms with Crippen LogP contribution < -0.4 is 5.56 Å². The van der Waals surface area contributed by atoms with Gasteiger partial charge in [0.05, 0.1) is 5.75 Å². The van der Waals surface area contributed by atoms with E-state index in [1.165, 1.54) is 0 Å². The molecule has 1 aromatic rings. The number of hydrogen-bond donors (Lipinski definition) is 1. The SMILES string of the molecule is O=C(CSc1nc(C(F)(F)F)cc(=O)[nH]1)N1CCCC1. The van der Waals surface area contributed by atoms with Crippen molar-refractivity contribution >= 4 is 17.7 Å². The van der Waals surface area contributed by atoms with Crippen LogP contribution in [0.5, 0.6) is 0 Å². The van der Waals surface area contributed by atoms with Crippen molar-refractivity contribution in [1.29, 1.82) is 0 Å². The first kappa shape index (κ1) is 14.9. The summed E-state index contributed by atoms with van der Waals surface area (Å²) in [5, 5.41) is -0.197. The molecule has 110 valence electrons. The third-order valence-electron chi connectivity index (χ3n) is 2.80. The third-order valence-corrected chi connectivity index (χ3v) is 3.66. The molecule has 0 aliphatic carbocycles. The summed E-state index contributed by atoms with van der Waals surface area (Å²) in [6.07, 6.45) is -2.80. The molecule has 0 bridgehead atoms. The molecular weight excluding hydrogens is 295 g/mol. The summed E-state index contributed by atoms with van der Waals surface area (Å²) in [5.41, 5.74) is -2.14. The maximum Gasteiger partial charge on any atom is 0.433 e. The predicted octanol–water partition coefficient (Wildman–Crippen LogP) is 1.50. The average molecular weight is 307 g/mol. The Morgan fingerprint density at radius 1 is 1.40 bits per heavy atom. The summed E-state index contributed by atoms with van der Waals surface area (Å²) in [5.74, 6) is -0.197. The monoisotopic (exact) mass is 307 g/mol. The number of rotatable bonds is 3. The van der Waals surface area contributed by atoms with Crippen LogP contribution in [-0.4, -0.2) is 39.6 Å². The Morgan fingerprint density at radius 2 is 2.05 bits per heavy atom. The molecule has 0 radical (unpaired) electrons. The number of aromatic nitrogens is 2. The van der Waals surface area contributed by atoms with Crippen molar-refractivity contribution in [2.75, 3.05) is 18.8 Å². The lowest BCUT2D eigenvalue weighted by atomic mass is 10.4. The first-order chi connectivity index (χ1) is 9.36. The second kappa shape index (κ2) is 5.86. The minimum Gasteiger partial charge on any atom is -0.342 e. The number of aromatic amines is 1. The van der Waals surface area contributed by atoms with Gasteiger partial charge >= 0.3 is 6.18 Å². The number of nitrogens with zero attached hydrogens (tertiary/aromatic N) is 2. The summed E-state index contributed by atoms with van der Waals surface area (Å²) in [6, 6.07) is 0.395. The first-order valence-corrected chi connectivity index (χ1v) is 6.94. The van der Waals surface area contributed by atoms with E-state index in [4.69, 9.17) is 0 Å². The van der Waals surface area contributed by atoms with Crippen molar-refractivity contribution in [2.24, 2.45) is 0 Å². The van der Waals surface area contributed by atoms with Crippen molar-refractivity contribution in [3.8, 4) is 0 Å². The quantitative estimate of drug-likeness (QED) is 0.679. The molecule has 1 aromatic heterocycles. The summed E-state index contributed by atoms with van der Waals surface area (Å²) in [7, 11) is 0. The van der Waals surface area contributed by atoms with E-state index in [0.29, 0.717) is 19.2 Å². The van der Waals surface area contributed by atoms with Gasteiger partial charge in [-0.2, -0.15) is 13.2 Å². The van der Waals surface area contributed by atoms with Gasteiger partial charge in [0, 0.05) is 19.2 Å². The van der Waals surface area contributed by atoms with Gasteiger partial charge in [-0.3, -0.25) is 9.59 Å². The second-order valence-corrected chi connectivity index (χ2v) is 5.27. The number of hydrogen-bond acceptors (Lipinski definition) is 4. The van der Waals surface area contributed by atoms with Crippen LogP contribution in [0.2, 0.25) is 0 Å². The Kier molecular flexibility index (Phi) is 4.36. The molecule has 2 rings (SSSR count). The summed E-state index contributed by atoms with van der Waals surface area (Å²) >= 11 is 0.802. The molecule has 1 fully saturated rings. The Hall–Kier alpha value is -1.51. The molecule has 5 nitrogen and oxygen atoms in total. The van der Waals surface area contributed by atoms with Crippen molar-refractivity contribution in [3.05, 3.63) is 22.1 Å². The van der Waals surface area contributed by atoms with Crippen LogP contribution in [0.15, 0.2) is 16.0 Å². The van der Waals surface area contributed by atoms with Crippen LogP contribution in [0.25, 0.3) is 0 Å². The number of nitrogens with one attached hydrogen (secondary N) is 1. The normalized spacial score (nSPS) is 15.7. The van der Waals surface area contributed by atoms with E-state index in [0.717, 1.165) is 24.6 Å². The van der Waals surface area contributed by atoms with Gasteiger partial charge in [0.1, 0.15) is 0 Å². The summed E-state index contributed by atoms with van der Waals surface area (Å²) in [6.45, 7) is 1.35. The van der Waals surface area contributed by atoms with Crippen LogP contribution in [-0.2, 0) is 11.0 Å². The van der Waals surface area contributed by atoms with Gasteiger partial charge in [0.15, 0.2) is 10.9 Å². The number of halogens is 3. The van der Waals surface area contributed by atoms with E-state index >= 15 is 0 Å². The van der Waals surface area contributed by atoms with Gasteiger partial charge in [-0.05, 0) is 12.8 Å². The lowest BCUT2D eigenvalue weighted by Gasteiger charge is -2.14. The van der Waals surface area contributed by atoms with E-state index in [-0.39, 0.29) is 16.8 Å². The van der Waals surface area contributed by atoms with E-state index in [2.05, 4.69) is 9.97 Å². The number of thioether (sulfide) groups is 1. The highest BCUT2D eigenvalue weighted by atomic mass is 32.2. The number of H-pyrrole nitrogens is 1. The second-order valence-electron chi connectivity index (χ2n) is 4.31. The fraction of sp³-hybridized carbons (Fsp3) is 0.545. The zero-order valence-corrected chi connectivity index (χ0v) is 11.2.